The van der Waals surface area contributed by atoms with E-state index in [-0.39, 0.29) is 23.6 Å². The van der Waals surface area contributed by atoms with Crippen LogP contribution in [0.25, 0.3) is 0 Å². The van der Waals surface area contributed by atoms with Crippen molar-refractivity contribution in [1.29, 1.82) is 0 Å². The Labute approximate surface area is 106 Å². The van der Waals surface area contributed by atoms with E-state index in [1.165, 1.54) is 0 Å². The molecule has 0 bridgehead atoms. The molecule has 96 valence electrons. The zero-order chi connectivity index (χ0) is 11.5. The zero-order valence-corrected chi connectivity index (χ0v) is 10.3. The van der Waals surface area contributed by atoms with Gasteiger partial charge in [-0.15, -0.1) is 0 Å². The van der Waals surface area contributed by atoms with Gasteiger partial charge >= 0.3 is 56.4 Å². The molecule has 0 saturated carbocycles. The molecular weight excluding hydrogens is 364 g/mol. The Morgan fingerprint density at radius 1 is 1.43 bits per heavy atom. The first-order chi connectivity index (χ1) is 5.68. The summed E-state index contributed by atoms with van der Waals surface area (Å²) >= 11 is 0.757. The van der Waals surface area contributed by atoms with Crippen molar-refractivity contribution in [2.75, 3.05) is 6.54 Å². The second-order valence-electron chi connectivity index (χ2n) is 1.05. The van der Waals surface area contributed by atoms with E-state index in [1.807, 2.05) is 0 Å². The third kappa shape index (κ3) is 215. The van der Waals surface area contributed by atoms with Crippen LogP contribution in [0.4, 0.5) is 0 Å². The molecule has 1 radical (unpaired) electrons. The molecule has 0 aliphatic heterocycles. The SMILES string of the molecule is NCC(=O)O.O=S(=O)([O-])[O-].[Cl][Cu][Cl].[Cu+2]. The Bertz CT molecular complexity index is 202. The maximum atomic E-state index is 9.24. The Hall–Kier alpha value is 0.919. The molecule has 0 aromatic heterocycles. The van der Waals surface area contributed by atoms with Gasteiger partial charge in [0.05, 0.1) is 6.54 Å². The first kappa shape index (κ1) is 24.2. The van der Waals surface area contributed by atoms with Gasteiger partial charge in [0.2, 0.25) is 0 Å². The van der Waals surface area contributed by atoms with Gasteiger partial charge in [0.1, 0.15) is 0 Å². The average Bonchev–Trinajstić information content (AvgIpc) is 1.85. The number of rotatable bonds is 1. The maximum Gasteiger partial charge on any atom is 2.00 e. The smallest absolute Gasteiger partial charge is 2.00 e. The third-order valence-electron chi connectivity index (χ3n) is 0.175. The standard InChI is InChI=1S/C2H5NO2.2ClH.2Cu.H2O4S/c3-1-2(4)5;;;;;1-5(2,3)4/h1,3H2,(H,4,5);2*1H;;;(H2,1,2,3,4)/q;;;2*+2;/p-4. The fourth-order valence-corrected chi connectivity index (χ4v) is 0. The molecule has 0 atom stereocenters. The van der Waals surface area contributed by atoms with Crippen LogP contribution < -0.4 is 5.73 Å². The Kier molecular flexibility index (Phi) is 28.3. The predicted octanol–water partition coefficient (Wildman–Crippen LogP) is -0.934. The molecule has 0 unspecified atom stereocenters. The van der Waals surface area contributed by atoms with Gasteiger partial charge in [0.25, 0.3) is 0 Å². The van der Waals surface area contributed by atoms with Gasteiger partial charge in [-0.3, -0.25) is 13.2 Å². The molecule has 0 heterocycles. The fourth-order valence-electron chi connectivity index (χ4n) is 0. The van der Waals surface area contributed by atoms with Crippen LogP contribution in [0.5, 0.6) is 0 Å². The molecule has 12 heteroatoms. The van der Waals surface area contributed by atoms with Crippen LogP contribution in [0.2, 0.25) is 0 Å². The number of hydrogen-bond donors (Lipinski definition) is 2. The van der Waals surface area contributed by atoms with Crippen molar-refractivity contribution in [1.82, 2.24) is 0 Å². The maximum absolute atomic E-state index is 9.24. The van der Waals surface area contributed by atoms with E-state index in [0.717, 1.165) is 13.1 Å². The van der Waals surface area contributed by atoms with Gasteiger partial charge in [-0.25, -0.2) is 0 Å². The van der Waals surface area contributed by atoms with E-state index in [1.54, 1.807) is 0 Å². The van der Waals surface area contributed by atoms with Crippen molar-refractivity contribution >= 4 is 36.6 Å². The minimum Gasteiger partial charge on any atom is 2.00 e. The summed E-state index contributed by atoms with van der Waals surface area (Å²) in [6.07, 6.45) is 0. The van der Waals surface area contributed by atoms with Gasteiger partial charge < -0.3 is 19.9 Å². The van der Waals surface area contributed by atoms with Crippen molar-refractivity contribution in [3.63, 3.8) is 0 Å². The summed E-state index contributed by atoms with van der Waals surface area (Å²) < 4.78 is 34.1. The van der Waals surface area contributed by atoms with E-state index < -0.39 is 16.4 Å². The average molecular weight is 369 g/mol. The summed E-state index contributed by atoms with van der Waals surface area (Å²) in [4.78, 5) is 9.24. The van der Waals surface area contributed by atoms with Crippen molar-refractivity contribution in [2.45, 2.75) is 0 Å². The molecule has 14 heavy (non-hydrogen) atoms. The molecule has 0 saturated heterocycles. The van der Waals surface area contributed by atoms with Gasteiger partial charge in [0, 0.05) is 10.4 Å². The predicted molar refractivity (Wildman–Crippen MR) is 38.9 cm³/mol. The first-order valence-electron chi connectivity index (χ1n) is 2.08. The first-order valence-corrected chi connectivity index (χ1v) is 6.01. The molecule has 0 fully saturated rings. The number of hydrogen-bond acceptors (Lipinski definition) is 6. The second-order valence-corrected chi connectivity index (χ2v) is 3.42. The largest absolute Gasteiger partial charge is 2.00 e. The van der Waals surface area contributed by atoms with E-state index >= 15 is 0 Å². The molecule has 0 aliphatic rings. The molecule has 0 aliphatic carbocycles. The number of carbonyl (C=O) groups is 1. The van der Waals surface area contributed by atoms with Gasteiger partial charge in [-0.2, -0.15) is 0 Å². The number of carboxylic acid groups (broad SMARTS) is 1. The van der Waals surface area contributed by atoms with E-state index in [9.17, 15) is 4.79 Å². The van der Waals surface area contributed by atoms with Crippen LogP contribution >= 0.6 is 20.2 Å². The zero-order valence-electron chi connectivity index (χ0n) is 6.04. The molecule has 0 amide bonds. The molecular formula is C2H5Cl2Cu2NO6S. The molecule has 0 spiro atoms. The molecule has 7 nitrogen and oxygen atoms in total. The van der Waals surface area contributed by atoms with Gasteiger partial charge in [0.15, 0.2) is 0 Å². The van der Waals surface area contributed by atoms with Crippen LogP contribution in [0, 0.1) is 0 Å². The van der Waals surface area contributed by atoms with Crippen molar-refractivity contribution in [2.24, 2.45) is 5.73 Å². The summed E-state index contributed by atoms with van der Waals surface area (Å²) in [5.41, 5.74) is 4.57. The minimum absolute atomic E-state index is 0. The molecule has 0 rings (SSSR count). The number of nitrogens with two attached hydrogens (primary N) is 1. The van der Waals surface area contributed by atoms with E-state index in [0.29, 0.717) is 0 Å². The Morgan fingerprint density at radius 2 is 1.50 bits per heavy atom. The van der Waals surface area contributed by atoms with E-state index in [4.69, 9.17) is 22.6 Å². The fraction of sp³-hybridized carbons (Fsp3) is 0.500. The topological polar surface area (TPSA) is 144 Å². The quantitative estimate of drug-likeness (QED) is 0.345. The number of aliphatic carboxylic acids is 1. The van der Waals surface area contributed by atoms with Crippen LogP contribution in [-0.2, 0) is 45.4 Å². The van der Waals surface area contributed by atoms with Crippen molar-refractivity contribution in [3.05, 3.63) is 0 Å². The second kappa shape index (κ2) is 16.4. The summed E-state index contributed by atoms with van der Waals surface area (Å²) in [5, 5.41) is 7.60. The molecule has 0 aromatic rings. The van der Waals surface area contributed by atoms with Crippen LogP contribution in [0.15, 0.2) is 0 Å². The molecule has 0 aromatic carbocycles. The monoisotopic (exact) mass is 367 g/mol. The Balaban J connectivity index is -0.0000000535. The minimum atomic E-state index is -5.17. The van der Waals surface area contributed by atoms with Crippen molar-refractivity contribution in [3.8, 4) is 0 Å². The summed E-state index contributed by atoms with van der Waals surface area (Å²) in [5.74, 6) is -0.968. The van der Waals surface area contributed by atoms with E-state index in [2.05, 4.69) is 25.9 Å². The summed E-state index contributed by atoms with van der Waals surface area (Å²) in [7, 11) is 4.17. The number of halogens is 2. The Morgan fingerprint density at radius 3 is 1.50 bits per heavy atom. The summed E-state index contributed by atoms with van der Waals surface area (Å²) in [6.45, 7) is -0.278. The van der Waals surface area contributed by atoms with Crippen LogP contribution in [0.3, 0.4) is 0 Å². The van der Waals surface area contributed by atoms with Gasteiger partial charge in [-0.05, 0) is 0 Å². The van der Waals surface area contributed by atoms with Crippen LogP contribution in [-0.4, -0.2) is 35.1 Å². The number of carboxylic acids is 1. The third-order valence-corrected chi connectivity index (χ3v) is 0.175. The normalized spacial score (nSPS) is 8.36. The van der Waals surface area contributed by atoms with Crippen LogP contribution in [0.1, 0.15) is 0 Å². The van der Waals surface area contributed by atoms with Gasteiger partial charge in [-0.1, -0.05) is 0 Å². The summed E-state index contributed by atoms with van der Waals surface area (Å²) in [6, 6.07) is 0. The molecule has 3 N–H and O–H groups in total. The van der Waals surface area contributed by atoms with Crippen molar-refractivity contribution < 1.29 is 57.6 Å².